The molecule has 0 fully saturated rings. The van der Waals surface area contributed by atoms with Crippen LogP contribution in [0.5, 0.6) is 0 Å². The number of hydrogen-bond donors (Lipinski definition) is 3. The second-order valence-corrected chi connectivity index (χ2v) is 28.1. The number of hydrogen-bond acceptors (Lipinski definition) is 5. The van der Waals surface area contributed by atoms with E-state index in [0.29, 0.717) is 25.9 Å². The lowest BCUT2D eigenvalue weighted by Gasteiger charge is -2.22. The van der Waals surface area contributed by atoms with E-state index in [1.165, 1.54) is 398 Å². The minimum atomic E-state index is -0.660. The van der Waals surface area contributed by atoms with Gasteiger partial charge in [0, 0.05) is 12.8 Å². The van der Waals surface area contributed by atoms with E-state index in [-0.39, 0.29) is 18.5 Å². The molecular weight excluding hydrogens is 1070 g/mol. The lowest BCUT2D eigenvalue weighted by atomic mass is 10.0. The molecule has 0 heterocycles. The molecule has 6 nitrogen and oxygen atoms in total. The van der Waals surface area contributed by atoms with E-state index in [9.17, 15) is 19.8 Å². The van der Waals surface area contributed by atoms with Crippen molar-refractivity contribution in [2.45, 2.75) is 482 Å². The van der Waals surface area contributed by atoms with Gasteiger partial charge < -0.3 is 20.3 Å². The maximum atomic E-state index is 12.5. The summed E-state index contributed by atoms with van der Waals surface area (Å²) in [5, 5.41) is 23.4. The molecule has 0 aromatic heterocycles. The Morgan fingerprint density at radius 3 is 0.816 bits per heavy atom. The molecule has 0 bridgehead atoms. The summed E-state index contributed by atoms with van der Waals surface area (Å²) in [5.41, 5.74) is 0. The first-order chi connectivity index (χ1) is 43.0. The minimum Gasteiger partial charge on any atom is -0.466 e. The molecule has 0 saturated carbocycles. The van der Waals surface area contributed by atoms with Crippen LogP contribution in [0, 0.1) is 0 Å². The van der Waals surface area contributed by atoms with E-state index >= 15 is 0 Å². The SMILES string of the molecule is CCCCCCCC/C=C\CCCCCCCCCCCC(=O)OCCCCCCCCCCCCCCCCCCCCCCCCCCCCCCCCCCCCCC(=O)NC(CO)C(O)CCCCCCCCCCCCCCCCCC. The Balaban J connectivity index is 3.29. The highest BCUT2D eigenvalue weighted by Crippen LogP contribution is 2.20. The van der Waals surface area contributed by atoms with Gasteiger partial charge in [-0.3, -0.25) is 9.59 Å². The van der Waals surface area contributed by atoms with E-state index in [1.54, 1.807) is 0 Å². The molecule has 518 valence electrons. The van der Waals surface area contributed by atoms with Crippen LogP contribution >= 0.6 is 0 Å². The lowest BCUT2D eigenvalue weighted by molar-refractivity contribution is -0.143. The number of carbonyl (C=O) groups excluding carboxylic acids is 2. The summed E-state index contributed by atoms with van der Waals surface area (Å²) >= 11 is 0. The van der Waals surface area contributed by atoms with Gasteiger partial charge in [-0.1, -0.05) is 418 Å². The topological polar surface area (TPSA) is 95.9 Å². The molecule has 3 N–H and O–H groups in total. The Bertz CT molecular complexity index is 1320. The van der Waals surface area contributed by atoms with E-state index in [2.05, 4.69) is 31.3 Å². The third-order valence-electron chi connectivity index (χ3n) is 19.3. The van der Waals surface area contributed by atoms with Gasteiger partial charge in [-0.05, 0) is 51.4 Å². The molecule has 87 heavy (non-hydrogen) atoms. The number of nitrogens with one attached hydrogen (secondary N) is 1. The maximum absolute atomic E-state index is 12.5. The van der Waals surface area contributed by atoms with Gasteiger partial charge in [-0.25, -0.2) is 0 Å². The third kappa shape index (κ3) is 73.5. The predicted molar refractivity (Wildman–Crippen MR) is 384 cm³/mol. The van der Waals surface area contributed by atoms with Gasteiger partial charge in [0.05, 0.1) is 25.4 Å². The highest BCUT2D eigenvalue weighted by atomic mass is 16.5. The average Bonchev–Trinajstić information content (AvgIpc) is 3.53. The first kappa shape index (κ1) is 85.6. The molecule has 0 aliphatic rings. The molecule has 0 aliphatic carbocycles. The number of allylic oxidation sites excluding steroid dienone is 2. The quantitative estimate of drug-likeness (QED) is 0.0320. The zero-order chi connectivity index (χ0) is 62.8. The van der Waals surface area contributed by atoms with Crippen LogP contribution in [0.2, 0.25) is 0 Å². The summed E-state index contributed by atoms with van der Waals surface area (Å²) in [6.07, 6.45) is 97.5. The van der Waals surface area contributed by atoms with Crippen LogP contribution in [0.1, 0.15) is 470 Å². The fourth-order valence-electron chi connectivity index (χ4n) is 13.2. The number of aliphatic hydroxyl groups excluding tert-OH is 2. The molecule has 0 spiro atoms. The number of unbranched alkanes of at least 4 members (excludes halogenated alkanes) is 64. The summed E-state index contributed by atoms with van der Waals surface area (Å²) in [6, 6.07) is -0.537. The number of rotatable bonds is 77. The standard InChI is InChI=1S/C81H159NO5/c1-3-5-7-9-11-13-15-17-19-21-39-43-47-51-55-59-63-67-71-75-81(86)87-76-72-68-64-60-56-52-48-44-41-38-36-34-32-30-28-26-24-22-23-25-27-29-31-33-35-37-40-42-46-50-54-58-62-66-70-74-80(85)82-78(77-83)79(84)73-69-65-61-57-53-49-45-20-18-16-14-12-10-8-6-4-2/h17,19,78-79,83-84H,3-16,18,20-77H2,1-2H3,(H,82,85)/b19-17-. The van der Waals surface area contributed by atoms with E-state index in [1.807, 2.05) is 0 Å². The monoisotopic (exact) mass is 1230 g/mol. The molecule has 0 rings (SSSR count). The highest BCUT2D eigenvalue weighted by Gasteiger charge is 2.20. The summed E-state index contributed by atoms with van der Waals surface area (Å²) in [5.74, 6) is -0.00180. The van der Waals surface area contributed by atoms with Crippen molar-refractivity contribution in [3.8, 4) is 0 Å². The van der Waals surface area contributed by atoms with Gasteiger partial charge in [0.25, 0.3) is 0 Å². The zero-order valence-corrected chi connectivity index (χ0v) is 59.5. The van der Waals surface area contributed by atoms with Crippen LogP contribution < -0.4 is 5.32 Å². The number of amides is 1. The molecule has 0 radical (unpaired) electrons. The molecule has 6 heteroatoms. The average molecular weight is 1230 g/mol. The highest BCUT2D eigenvalue weighted by molar-refractivity contribution is 5.76. The van der Waals surface area contributed by atoms with Gasteiger partial charge in [-0.2, -0.15) is 0 Å². The van der Waals surface area contributed by atoms with Crippen molar-refractivity contribution in [2.24, 2.45) is 0 Å². The van der Waals surface area contributed by atoms with Crippen LogP contribution in [0.3, 0.4) is 0 Å². The number of aliphatic hydroxyl groups is 2. The molecule has 0 saturated heterocycles. The number of esters is 1. The van der Waals surface area contributed by atoms with Crippen molar-refractivity contribution in [1.29, 1.82) is 0 Å². The summed E-state index contributed by atoms with van der Waals surface area (Å²) in [7, 11) is 0. The van der Waals surface area contributed by atoms with Crippen LogP contribution in [-0.2, 0) is 14.3 Å². The van der Waals surface area contributed by atoms with Gasteiger partial charge in [0.15, 0.2) is 0 Å². The Morgan fingerprint density at radius 1 is 0.310 bits per heavy atom. The molecule has 2 unspecified atom stereocenters. The van der Waals surface area contributed by atoms with Gasteiger partial charge in [0.1, 0.15) is 0 Å². The van der Waals surface area contributed by atoms with Crippen LogP contribution in [0.4, 0.5) is 0 Å². The third-order valence-corrected chi connectivity index (χ3v) is 19.3. The second-order valence-electron chi connectivity index (χ2n) is 28.1. The lowest BCUT2D eigenvalue weighted by Crippen LogP contribution is -2.45. The molecule has 0 aromatic carbocycles. The smallest absolute Gasteiger partial charge is 0.305 e. The summed E-state index contributed by atoms with van der Waals surface area (Å²) in [4.78, 5) is 24.7. The second kappa shape index (κ2) is 77.1. The number of ether oxygens (including phenoxy) is 1. The van der Waals surface area contributed by atoms with Crippen LogP contribution in [0.25, 0.3) is 0 Å². The maximum Gasteiger partial charge on any atom is 0.305 e. The van der Waals surface area contributed by atoms with Crippen molar-refractivity contribution in [1.82, 2.24) is 5.32 Å². The Kier molecular flexibility index (Phi) is 75.8. The first-order valence-corrected chi connectivity index (χ1v) is 40.4. The molecule has 0 aromatic rings. The largest absolute Gasteiger partial charge is 0.466 e. The summed E-state index contributed by atoms with van der Waals surface area (Å²) < 4.78 is 5.52. The van der Waals surface area contributed by atoms with Crippen LogP contribution in [-0.4, -0.2) is 47.4 Å². The Labute approximate surface area is 546 Å². The van der Waals surface area contributed by atoms with Crippen molar-refractivity contribution in [3.63, 3.8) is 0 Å². The van der Waals surface area contributed by atoms with E-state index < -0.39 is 12.1 Å². The predicted octanol–water partition coefficient (Wildman–Crippen LogP) is 26.7. The molecule has 0 aliphatic heterocycles. The van der Waals surface area contributed by atoms with Gasteiger partial charge in [-0.15, -0.1) is 0 Å². The van der Waals surface area contributed by atoms with E-state index in [0.717, 1.165) is 38.5 Å². The first-order valence-electron chi connectivity index (χ1n) is 40.4. The van der Waals surface area contributed by atoms with Crippen molar-refractivity contribution in [3.05, 3.63) is 12.2 Å². The Hall–Kier alpha value is -1.40. The minimum absolute atomic E-state index is 0.0234. The molecule has 1 amide bonds. The zero-order valence-electron chi connectivity index (χ0n) is 59.5. The van der Waals surface area contributed by atoms with Crippen molar-refractivity contribution in [2.75, 3.05) is 13.2 Å². The van der Waals surface area contributed by atoms with Gasteiger partial charge >= 0.3 is 5.97 Å². The van der Waals surface area contributed by atoms with Crippen molar-refractivity contribution >= 4 is 11.9 Å². The fraction of sp³-hybridized carbons (Fsp3) is 0.951. The Morgan fingerprint density at radius 2 is 0.540 bits per heavy atom. The van der Waals surface area contributed by atoms with Gasteiger partial charge in [0.2, 0.25) is 5.91 Å². The normalized spacial score (nSPS) is 12.5. The molecular formula is C81H159NO5. The molecule has 2 atom stereocenters. The fourth-order valence-corrected chi connectivity index (χ4v) is 13.2. The van der Waals surface area contributed by atoms with Crippen LogP contribution in [0.15, 0.2) is 12.2 Å². The van der Waals surface area contributed by atoms with Crippen molar-refractivity contribution < 1.29 is 24.5 Å². The van der Waals surface area contributed by atoms with E-state index in [4.69, 9.17) is 4.74 Å². The summed E-state index contributed by atoms with van der Waals surface area (Å²) in [6.45, 7) is 5.00. The number of carbonyl (C=O) groups is 2.